The molecule has 1 N–H and O–H groups in total. The highest BCUT2D eigenvalue weighted by atomic mass is 35.5. The van der Waals surface area contributed by atoms with Crippen molar-refractivity contribution in [1.29, 1.82) is 0 Å². The molecule has 48 valence electrons. The molecule has 0 aliphatic rings. The van der Waals surface area contributed by atoms with Crippen LogP contribution >= 0.6 is 23.8 Å². The van der Waals surface area contributed by atoms with Gasteiger partial charge in [-0.25, -0.2) is 0 Å². The first-order valence-corrected chi connectivity index (χ1v) is 3.20. The van der Waals surface area contributed by atoms with Crippen molar-refractivity contribution in [2.75, 3.05) is 0 Å². The minimum atomic E-state index is 0.516. The molecule has 1 aromatic heterocycles. The summed E-state index contributed by atoms with van der Waals surface area (Å²) in [6.45, 7) is 1.81. The van der Waals surface area contributed by atoms with Crippen LogP contribution in [-0.4, -0.2) is 9.97 Å². The summed E-state index contributed by atoms with van der Waals surface area (Å²) < 4.78 is 0.561. The van der Waals surface area contributed by atoms with Crippen molar-refractivity contribution in [3.05, 3.63) is 21.7 Å². The number of H-pyrrole nitrogens is 1. The average Bonchev–Trinajstić information content (AvgIpc) is 1.80. The third-order valence-electron chi connectivity index (χ3n) is 0.926. The Morgan fingerprint density at radius 3 is 2.89 bits per heavy atom. The fourth-order valence-corrected chi connectivity index (χ4v) is 0.804. The topological polar surface area (TPSA) is 28.7 Å². The first kappa shape index (κ1) is 6.71. The molecule has 0 saturated carbocycles. The van der Waals surface area contributed by atoms with Crippen molar-refractivity contribution in [2.24, 2.45) is 0 Å². The Morgan fingerprint density at radius 2 is 2.44 bits per heavy atom. The van der Waals surface area contributed by atoms with E-state index in [1.807, 2.05) is 6.92 Å². The van der Waals surface area contributed by atoms with E-state index in [9.17, 15) is 0 Å². The maximum Gasteiger partial charge on any atom is 0.128 e. The molecule has 1 rings (SSSR count). The zero-order chi connectivity index (χ0) is 6.85. The van der Waals surface area contributed by atoms with Gasteiger partial charge in [-0.2, -0.15) is 0 Å². The van der Waals surface area contributed by atoms with E-state index < -0.39 is 0 Å². The number of halogens is 1. The molecule has 0 fully saturated rings. The Bertz CT molecular complexity index is 268. The molecule has 0 atom stereocenters. The number of aromatic nitrogens is 2. The monoisotopic (exact) mass is 160 g/mol. The number of rotatable bonds is 0. The molecular weight excluding hydrogens is 156 g/mol. The fourth-order valence-electron chi connectivity index (χ4n) is 0.443. The van der Waals surface area contributed by atoms with Crippen LogP contribution in [-0.2, 0) is 0 Å². The summed E-state index contributed by atoms with van der Waals surface area (Å²) in [5, 5.41) is 0.516. The normalized spacial score (nSPS) is 9.56. The van der Waals surface area contributed by atoms with Crippen LogP contribution in [0.1, 0.15) is 5.69 Å². The molecule has 0 amide bonds. The molecule has 4 heteroatoms. The van der Waals surface area contributed by atoms with Crippen molar-refractivity contribution in [1.82, 2.24) is 9.97 Å². The van der Waals surface area contributed by atoms with Crippen LogP contribution in [0, 0.1) is 11.6 Å². The Balaban J connectivity index is 3.34. The van der Waals surface area contributed by atoms with Gasteiger partial charge in [0.05, 0.1) is 11.9 Å². The summed E-state index contributed by atoms with van der Waals surface area (Å²) in [5.74, 6) is 0. The minimum absolute atomic E-state index is 0.516. The maximum absolute atomic E-state index is 5.63. The molecule has 2 nitrogen and oxygen atoms in total. The quantitative estimate of drug-likeness (QED) is 0.589. The molecule has 1 heterocycles. The number of nitrogens with zero attached hydrogens (tertiary/aromatic N) is 1. The van der Waals surface area contributed by atoms with E-state index in [2.05, 4.69) is 9.97 Å². The SMILES string of the molecule is Cc1ncc(=S)[nH]c1Cl. The van der Waals surface area contributed by atoms with E-state index >= 15 is 0 Å². The third kappa shape index (κ3) is 1.50. The van der Waals surface area contributed by atoms with Crippen molar-refractivity contribution in [3.8, 4) is 0 Å². The summed E-state index contributed by atoms with van der Waals surface area (Å²) >= 11 is 10.4. The highest BCUT2D eigenvalue weighted by molar-refractivity contribution is 7.71. The van der Waals surface area contributed by atoms with Crippen LogP contribution in [0.4, 0.5) is 0 Å². The number of hydrogen-bond donors (Lipinski definition) is 1. The molecule has 0 radical (unpaired) electrons. The van der Waals surface area contributed by atoms with Gasteiger partial charge < -0.3 is 4.98 Å². The lowest BCUT2D eigenvalue weighted by Crippen LogP contribution is -1.84. The smallest absolute Gasteiger partial charge is 0.128 e. The molecule has 0 aromatic carbocycles. The predicted octanol–water partition coefficient (Wildman–Crippen LogP) is 2.10. The lowest BCUT2D eigenvalue weighted by Gasteiger charge is -1.92. The second-order valence-corrected chi connectivity index (χ2v) is 2.46. The summed E-state index contributed by atoms with van der Waals surface area (Å²) in [5.41, 5.74) is 0.769. The summed E-state index contributed by atoms with van der Waals surface area (Å²) in [4.78, 5) is 6.67. The lowest BCUT2D eigenvalue weighted by molar-refractivity contribution is 1.10. The zero-order valence-electron chi connectivity index (χ0n) is 4.81. The van der Waals surface area contributed by atoms with Crippen molar-refractivity contribution in [2.45, 2.75) is 6.92 Å². The Hall–Kier alpha value is -0.410. The Morgan fingerprint density at radius 1 is 1.78 bits per heavy atom. The van der Waals surface area contributed by atoms with E-state index in [4.69, 9.17) is 23.8 Å². The number of nitrogens with one attached hydrogen (secondary N) is 1. The minimum Gasteiger partial charge on any atom is -0.334 e. The van der Waals surface area contributed by atoms with Crippen LogP contribution in [0.15, 0.2) is 6.20 Å². The van der Waals surface area contributed by atoms with Crippen LogP contribution in [0.2, 0.25) is 5.15 Å². The Labute approximate surface area is 62.9 Å². The van der Waals surface area contributed by atoms with E-state index in [1.165, 1.54) is 0 Å². The lowest BCUT2D eigenvalue weighted by atomic mass is 10.5. The van der Waals surface area contributed by atoms with E-state index in [0.29, 0.717) is 9.79 Å². The Kier molecular flexibility index (Phi) is 1.83. The second kappa shape index (κ2) is 2.45. The van der Waals surface area contributed by atoms with Crippen LogP contribution in [0.5, 0.6) is 0 Å². The number of aryl methyl sites for hydroxylation is 1. The van der Waals surface area contributed by atoms with Gasteiger partial charge in [0, 0.05) is 0 Å². The highest BCUT2D eigenvalue weighted by Gasteiger charge is 1.91. The molecule has 0 unspecified atom stereocenters. The molecule has 0 spiro atoms. The largest absolute Gasteiger partial charge is 0.334 e. The van der Waals surface area contributed by atoms with Gasteiger partial charge in [0.2, 0.25) is 0 Å². The third-order valence-corrected chi connectivity index (χ3v) is 1.50. The fraction of sp³-hybridized carbons (Fsp3) is 0.200. The second-order valence-electron chi connectivity index (χ2n) is 1.65. The number of hydrogen-bond acceptors (Lipinski definition) is 2. The van der Waals surface area contributed by atoms with E-state index in [-0.39, 0.29) is 0 Å². The van der Waals surface area contributed by atoms with Crippen molar-refractivity contribution >= 4 is 23.8 Å². The van der Waals surface area contributed by atoms with Crippen molar-refractivity contribution in [3.63, 3.8) is 0 Å². The van der Waals surface area contributed by atoms with Gasteiger partial charge in [-0.1, -0.05) is 23.8 Å². The van der Waals surface area contributed by atoms with Gasteiger partial charge in [0.15, 0.2) is 0 Å². The van der Waals surface area contributed by atoms with E-state index in [1.54, 1.807) is 6.20 Å². The van der Waals surface area contributed by atoms with Gasteiger partial charge >= 0.3 is 0 Å². The van der Waals surface area contributed by atoms with Crippen LogP contribution < -0.4 is 0 Å². The first-order chi connectivity index (χ1) is 4.20. The maximum atomic E-state index is 5.63. The van der Waals surface area contributed by atoms with Gasteiger partial charge in [-0.05, 0) is 6.92 Å². The van der Waals surface area contributed by atoms with Gasteiger partial charge in [-0.3, -0.25) is 4.98 Å². The first-order valence-electron chi connectivity index (χ1n) is 2.41. The standard InChI is InChI=1S/C5H5ClN2S/c1-3-5(6)8-4(9)2-7-3/h2H,1H3,(H,8,9). The molecule has 0 bridgehead atoms. The molecule has 0 saturated heterocycles. The zero-order valence-corrected chi connectivity index (χ0v) is 6.38. The summed E-state index contributed by atoms with van der Waals surface area (Å²) in [6.07, 6.45) is 1.57. The molecule has 9 heavy (non-hydrogen) atoms. The van der Waals surface area contributed by atoms with Gasteiger partial charge in [-0.15, -0.1) is 0 Å². The van der Waals surface area contributed by atoms with Crippen LogP contribution in [0.25, 0.3) is 0 Å². The molecule has 1 aromatic rings. The van der Waals surface area contributed by atoms with Crippen LogP contribution in [0.3, 0.4) is 0 Å². The predicted molar refractivity (Wildman–Crippen MR) is 39.2 cm³/mol. The summed E-state index contributed by atoms with van der Waals surface area (Å²) in [6, 6.07) is 0. The number of aromatic amines is 1. The summed E-state index contributed by atoms with van der Waals surface area (Å²) in [7, 11) is 0. The van der Waals surface area contributed by atoms with E-state index in [0.717, 1.165) is 5.69 Å². The highest BCUT2D eigenvalue weighted by Crippen LogP contribution is 2.05. The average molecular weight is 161 g/mol. The molecular formula is C5H5ClN2S. The molecule has 0 aliphatic carbocycles. The van der Waals surface area contributed by atoms with Gasteiger partial charge in [0.25, 0.3) is 0 Å². The van der Waals surface area contributed by atoms with Gasteiger partial charge in [0.1, 0.15) is 9.79 Å². The molecule has 0 aliphatic heterocycles. The van der Waals surface area contributed by atoms with Crippen molar-refractivity contribution < 1.29 is 0 Å².